The average molecular weight is 116 g/mol. The summed E-state index contributed by atoms with van der Waals surface area (Å²) in [6, 6.07) is 0. The molecule has 1 unspecified atom stereocenters. The molecule has 0 aromatic rings. The predicted octanol–water partition coefficient (Wildman–Crippen LogP) is -0.201. The fourth-order valence-electron chi connectivity index (χ4n) is 0.322. The van der Waals surface area contributed by atoms with Gasteiger partial charge in [0.05, 0.1) is 12.5 Å². The summed E-state index contributed by atoms with van der Waals surface area (Å²) < 4.78 is 0. The quantitative estimate of drug-likeness (QED) is 0.533. The van der Waals surface area contributed by atoms with Crippen LogP contribution in [0.5, 0.6) is 0 Å². The minimum absolute atomic E-state index is 0.181. The van der Waals surface area contributed by atoms with Crippen molar-refractivity contribution in [3.63, 3.8) is 0 Å². The van der Waals surface area contributed by atoms with Gasteiger partial charge in [-0.1, -0.05) is 6.92 Å². The number of hydrogen-bond acceptors (Lipinski definition) is 1. The smallest absolute Gasteiger partial charge is 0.225 e. The first kappa shape index (κ1) is 7.43. The minimum atomic E-state index is -0.389. The summed E-state index contributed by atoms with van der Waals surface area (Å²) in [7, 11) is 1.52. The molecule has 0 aromatic heterocycles. The van der Waals surface area contributed by atoms with Gasteiger partial charge in [0, 0.05) is 7.05 Å². The summed E-state index contributed by atoms with van der Waals surface area (Å²) in [4.78, 5) is 10.4. The first-order chi connectivity index (χ1) is 3.72. The number of rotatable bonds is 2. The van der Waals surface area contributed by atoms with Gasteiger partial charge < -0.3 is 5.32 Å². The molecule has 1 amide bonds. The van der Waals surface area contributed by atoms with Crippen molar-refractivity contribution in [1.82, 2.24) is 5.32 Å². The molecule has 0 aliphatic rings. The van der Waals surface area contributed by atoms with Crippen molar-refractivity contribution < 1.29 is 9.90 Å². The summed E-state index contributed by atoms with van der Waals surface area (Å²) in [6.07, 6.45) is 0. The van der Waals surface area contributed by atoms with Crippen LogP contribution in [0.4, 0.5) is 0 Å². The van der Waals surface area contributed by atoms with Crippen LogP contribution in [-0.2, 0) is 9.90 Å². The SMILES string of the molecule is CNC(=O)C(C)C[O]. The molecule has 3 nitrogen and oxygen atoms in total. The van der Waals surface area contributed by atoms with Crippen LogP contribution in [0.2, 0.25) is 0 Å². The van der Waals surface area contributed by atoms with Gasteiger partial charge in [-0.15, -0.1) is 0 Å². The van der Waals surface area contributed by atoms with Gasteiger partial charge in [-0.05, 0) is 0 Å². The van der Waals surface area contributed by atoms with Crippen LogP contribution in [0.1, 0.15) is 6.92 Å². The Morgan fingerprint density at radius 1 is 1.75 bits per heavy atom. The highest BCUT2D eigenvalue weighted by molar-refractivity contribution is 5.77. The maximum atomic E-state index is 10.4. The van der Waals surface area contributed by atoms with Crippen LogP contribution in [0.15, 0.2) is 0 Å². The Bertz CT molecular complexity index is 82.5. The molecule has 0 fully saturated rings. The van der Waals surface area contributed by atoms with Gasteiger partial charge >= 0.3 is 0 Å². The highest BCUT2D eigenvalue weighted by Crippen LogP contribution is 1.89. The lowest BCUT2D eigenvalue weighted by Crippen LogP contribution is -2.26. The average Bonchev–Trinajstić information content (AvgIpc) is 1.84. The Balaban J connectivity index is 3.46. The van der Waals surface area contributed by atoms with Gasteiger partial charge in [-0.2, -0.15) is 0 Å². The standard InChI is InChI=1S/C5H10NO2/c1-4(3-7)5(8)6-2/h4H,3H2,1-2H3,(H,6,8). The normalized spacial score (nSPS) is 12.9. The number of carbonyl (C=O) groups is 1. The number of carbonyl (C=O) groups excluding carboxylic acids is 1. The molecule has 0 spiro atoms. The zero-order chi connectivity index (χ0) is 6.57. The zero-order valence-corrected chi connectivity index (χ0v) is 5.10. The second-order valence-corrected chi connectivity index (χ2v) is 1.68. The van der Waals surface area contributed by atoms with Crippen molar-refractivity contribution in [3.05, 3.63) is 0 Å². The molecular weight excluding hydrogens is 106 g/mol. The Morgan fingerprint density at radius 2 is 2.25 bits per heavy atom. The molecule has 0 aromatic carbocycles. The van der Waals surface area contributed by atoms with E-state index in [2.05, 4.69) is 5.32 Å². The van der Waals surface area contributed by atoms with E-state index in [1.54, 1.807) is 6.92 Å². The van der Waals surface area contributed by atoms with E-state index in [9.17, 15) is 9.90 Å². The molecule has 0 saturated carbocycles. The number of amides is 1. The van der Waals surface area contributed by atoms with Gasteiger partial charge in [0.25, 0.3) is 0 Å². The van der Waals surface area contributed by atoms with Crippen molar-refractivity contribution in [3.8, 4) is 0 Å². The second-order valence-electron chi connectivity index (χ2n) is 1.68. The van der Waals surface area contributed by atoms with E-state index < -0.39 is 0 Å². The summed E-state index contributed by atoms with van der Waals surface area (Å²) in [5.74, 6) is -0.569. The lowest BCUT2D eigenvalue weighted by Gasteiger charge is -2.01. The van der Waals surface area contributed by atoms with Crippen molar-refractivity contribution in [2.24, 2.45) is 5.92 Å². The molecule has 1 N–H and O–H groups in total. The number of hydrogen-bond donors (Lipinski definition) is 1. The van der Waals surface area contributed by atoms with Crippen molar-refractivity contribution in [2.45, 2.75) is 6.92 Å². The van der Waals surface area contributed by atoms with Crippen molar-refractivity contribution >= 4 is 5.91 Å². The zero-order valence-electron chi connectivity index (χ0n) is 5.10. The Labute approximate surface area is 48.7 Å². The molecule has 0 aliphatic carbocycles. The number of nitrogens with one attached hydrogen (secondary N) is 1. The first-order valence-corrected chi connectivity index (χ1v) is 2.52. The fourth-order valence-corrected chi connectivity index (χ4v) is 0.322. The van der Waals surface area contributed by atoms with Crippen LogP contribution < -0.4 is 5.32 Å². The first-order valence-electron chi connectivity index (χ1n) is 2.52. The molecule has 3 heteroatoms. The van der Waals surface area contributed by atoms with E-state index in [-0.39, 0.29) is 18.4 Å². The van der Waals surface area contributed by atoms with E-state index in [0.29, 0.717) is 0 Å². The van der Waals surface area contributed by atoms with Crippen LogP contribution in [0, 0.1) is 5.92 Å². The molecule has 1 radical (unpaired) electrons. The van der Waals surface area contributed by atoms with Crippen molar-refractivity contribution in [2.75, 3.05) is 13.7 Å². The third-order valence-electron chi connectivity index (χ3n) is 0.944. The summed E-state index contributed by atoms with van der Waals surface area (Å²) in [5.41, 5.74) is 0. The molecule has 1 atom stereocenters. The molecular formula is C5H10NO2. The van der Waals surface area contributed by atoms with Gasteiger partial charge in [0.15, 0.2) is 0 Å². The monoisotopic (exact) mass is 116 g/mol. The maximum absolute atomic E-state index is 10.4. The molecule has 0 saturated heterocycles. The predicted molar refractivity (Wildman–Crippen MR) is 28.8 cm³/mol. The van der Waals surface area contributed by atoms with E-state index in [4.69, 9.17) is 0 Å². The molecule has 47 valence electrons. The van der Waals surface area contributed by atoms with Gasteiger partial charge in [0.2, 0.25) is 5.91 Å². The molecule has 0 bridgehead atoms. The van der Waals surface area contributed by atoms with Gasteiger partial charge in [-0.25, -0.2) is 5.11 Å². The molecule has 0 rings (SSSR count). The lowest BCUT2D eigenvalue weighted by molar-refractivity contribution is -0.125. The molecule has 0 aliphatic heterocycles. The Hall–Kier alpha value is -0.570. The summed E-state index contributed by atoms with van der Waals surface area (Å²) in [6.45, 7) is 1.27. The topological polar surface area (TPSA) is 49.0 Å². The highest BCUT2D eigenvalue weighted by atomic mass is 16.3. The van der Waals surface area contributed by atoms with E-state index in [1.165, 1.54) is 7.05 Å². The molecule has 0 heterocycles. The van der Waals surface area contributed by atoms with E-state index in [1.807, 2.05) is 0 Å². The van der Waals surface area contributed by atoms with Gasteiger partial charge in [0.1, 0.15) is 0 Å². The third kappa shape index (κ3) is 1.93. The van der Waals surface area contributed by atoms with Gasteiger partial charge in [-0.3, -0.25) is 4.79 Å². The Kier molecular flexibility index (Phi) is 3.19. The van der Waals surface area contributed by atoms with Crippen LogP contribution in [0.25, 0.3) is 0 Å². The van der Waals surface area contributed by atoms with Crippen LogP contribution >= 0.6 is 0 Å². The van der Waals surface area contributed by atoms with E-state index >= 15 is 0 Å². The second kappa shape index (κ2) is 3.43. The summed E-state index contributed by atoms with van der Waals surface area (Å²) >= 11 is 0. The van der Waals surface area contributed by atoms with Crippen molar-refractivity contribution in [1.29, 1.82) is 0 Å². The summed E-state index contributed by atoms with van der Waals surface area (Å²) in [5, 5.41) is 12.3. The largest absolute Gasteiger partial charge is 0.359 e. The minimum Gasteiger partial charge on any atom is -0.359 e. The lowest BCUT2D eigenvalue weighted by atomic mass is 10.2. The van der Waals surface area contributed by atoms with E-state index in [0.717, 1.165) is 0 Å². The fraction of sp³-hybridized carbons (Fsp3) is 0.800. The molecule has 8 heavy (non-hydrogen) atoms. The van der Waals surface area contributed by atoms with Crippen LogP contribution in [0.3, 0.4) is 0 Å². The Morgan fingerprint density at radius 3 is 2.38 bits per heavy atom. The van der Waals surface area contributed by atoms with Crippen LogP contribution in [-0.4, -0.2) is 19.6 Å². The highest BCUT2D eigenvalue weighted by Gasteiger charge is 2.08. The maximum Gasteiger partial charge on any atom is 0.225 e. The third-order valence-corrected chi connectivity index (χ3v) is 0.944.